The van der Waals surface area contributed by atoms with Crippen molar-refractivity contribution in [1.82, 2.24) is 4.98 Å². The smallest absolute Gasteiger partial charge is 0.0731 e. The fourth-order valence-corrected chi connectivity index (χ4v) is 2.04. The van der Waals surface area contributed by atoms with E-state index in [0.717, 1.165) is 11.9 Å². The van der Waals surface area contributed by atoms with Crippen molar-refractivity contribution in [3.63, 3.8) is 0 Å². The molecule has 2 rings (SSSR count). The lowest BCUT2D eigenvalue weighted by molar-refractivity contribution is 0.647. The molecule has 0 radical (unpaired) electrons. The largest absolute Gasteiger partial charge is 0.256 e. The first kappa shape index (κ1) is 10.2. The molecule has 0 saturated heterocycles. The minimum atomic E-state index is 0.707. The third-order valence-electron chi connectivity index (χ3n) is 2.60. The molecule has 15 heavy (non-hydrogen) atoms. The quantitative estimate of drug-likeness (QED) is 0.718. The van der Waals surface area contributed by atoms with Crippen LogP contribution < -0.4 is 0 Å². The number of benzene rings is 1. The van der Waals surface area contributed by atoms with Crippen molar-refractivity contribution in [2.75, 3.05) is 0 Å². The number of hydrogen-bond acceptors (Lipinski definition) is 1. The van der Waals surface area contributed by atoms with Gasteiger partial charge in [0.1, 0.15) is 0 Å². The molecule has 0 aliphatic carbocycles. The standard InChI is InChI=1S/C14H17N/c1-10(2)7-12-8-11(3)14-13(9-12)5-4-6-15-14/h4-6,8-10H,7H2,1-3H3. The summed E-state index contributed by atoms with van der Waals surface area (Å²) in [5.41, 5.74) is 3.83. The van der Waals surface area contributed by atoms with Crippen LogP contribution in [0.3, 0.4) is 0 Å². The van der Waals surface area contributed by atoms with Crippen molar-refractivity contribution in [3.05, 3.63) is 41.6 Å². The maximum absolute atomic E-state index is 4.40. The van der Waals surface area contributed by atoms with E-state index in [4.69, 9.17) is 0 Å². The highest BCUT2D eigenvalue weighted by Crippen LogP contribution is 2.20. The summed E-state index contributed by atoms with van der Waals surface area (Å²) < 4.78 is 0. The summed E-state index contributed by atoms with van der Waals surface area (Å²) in [6, 6.07) is 8.66. The summed E-state index contributed by atoms with van der Waals surface area (Å²) in [4.78, 5) is 4.40. The molecule has 1 heteroatoms. The predicted octanol–water partition coefficient (Wildman–Crippen LogP) is 3.74. The van der Waals surface area contributed by atoms with Crippen molar-refractivity contribution in [2.24, 2.45) is 5.92 Å². The Morgan fingerprint density at radius 1 is 1.27 bits per heavy atom. The molecule has 0 bridgehead atoms. The Morgan fingerprint density at radius 2 is 2.07 bits per heavy atom. The molecule has 1 aromatic heterocycles. The fourth-order valence-electron chi connectivity index (χ4n) is 2.04. The van der Waals surface area contributed by atoms with E-state index in [9.17, 15) is 0 Å². The van der Waals surface area contributed by atoms with E-state index in [0.29, 0.717) is 5.92 Å². The van der Waals surface area contributed by atoms with Crippen molar-refractivity contribution in [2.45, 2.75) is 27.2 Å². The maximum atomic E-state index is 4.40. The molecule has 78 valence electrons. The van der Waals surface area contributed by atoms with Crippen LogP contribution in [0.5, 0.6) is 0 Å². The fraction of sp³-hybridized carbons (Fsp3) is 0.357. The Bertz CT molecular complexity index is 472. The van der Waals surface area contributed by atoms with Crippen LogP contribution in [0.1, 0.15) is 25.0 Å². The van der Waals surface area contributed by atoms with E-state index >= 15 is 0 Å². The van der Waals surface area contributed by atoms with E-state index in [1.165, 1.54) is 16.5 Å². The number of aryl methyl sites for hydroxylation is 1. The van der Waals surface area contributed by atoms with Gasteiger partial charge >= 0.3 is 0 Å². The first-order chi connectivity index (χ1) is 7.16. The van der Waals surface area contributed by atoms with Crippen LogP contribution in [0.4, 0.5) is 0 Å². The van der Waals surface area contributed by atoms with E-state index in [1.54, 1.807) is 0 Å². The van der Waals surface area contributed by atoms with Crippen molar-refractivity contribution < 1.29 is 0 Å². The monoisotopic (exact) mass is 199 g/mol. The molecule has 0 spiro atoms. The molecule has 0 atom stereocenters. The molecule has 1 nitrogen and oxygen atoms in total. The van der Waals surface area contributed by atoms with Gasteiger partial charge in [-0.25, -0.2) is 0 Å². The Labute approximate surface area is 91.2 Å². The highest BCUT2D eigenvalue weighted by atomic mass is 14.6. The molecular formula is C14H17N. The van der Waals surface area contributed by atoms with Crippen LogP contribution in [0.25, 0.3) is 10.9 Å². The van der Waals surface area contributed by atoms with Gasteiger partial charge in [0.05, 0.1) is 5.52 Å². The second-order valence-electron chi connectivity index (χ2n) is 4.59. The average molecular weight is 199 g/mol. The number of nitrogens with zero attached hydrogens (tertiary/aromatic N) is 1. The van der Waals surface area contributed by atoms with Gasteiger partial charge in [0.2, 0.25) is 0 Å². The number of pyridine rings is 1. The second-order valence-corrected chi connectivity index (χ2v) is 4.59. The molecule has 2 aromatic rings. The molecule has 0 amide bonds. The van der Waals surface area contributed by atoms with Crippen LogP contribution in [0.2, 0.25) is 0 Å². The summed E-state index contributed by atoms with van der Waals surface area (Å²) >= 11 is 0. The summed E-state index contributed by atoms with van der Waals surface area (Å²) in [5.74, 6) is 0.707. The third kappa shape index (κ3) is 2.17. The lowest BCUT2D eigenvalue weighted by Crippen LogP contribution is -1.95. The molecule has 0 saturated carbocycles. The maximum Gasteiger partial charge on any atom is 0.0731 e. The molecule has 0 fully saturated rings. The van der Waals surface area contributed by atoms with Crippen molar-refractivity contribution in [1.29, 1.82) is 0 Å². The van der Waals surface area contributed by atoms with Crippen LogP contribution in [-0.2, 0) is 6.42 Å². The molecule has 0 aliphatic rings. The molecule has 1 heterocycles. The van der Waals surface area contributed by atoms with Gasteiger partial charge in [-0.2, -0.15) is 0 Å². The van der Waals surface area contributed by atoms with E-state index in [1.807, 2.05) is 12.3 Å². The van der Waals surface area contributed by atoms with Gasteiger partial charge in [-0.15, -0.1) is 0 Å². The summed E-state index contributed by atoms with van der Waals surface area (Å²) in [6.07, 6.45) is 3.00. The molecule has 0 unspecified atom stereocenters. The molecule has 0 N–H and O–H groups in total. The van der Waals surface area contributed by atoms with Crippen LogP contribution in [0.15, 0.2) is 30.5 Å². The zero-order chi connectivity index (χ0) is 10.8. The highest BCUT2D eigenvalue weighted by molar-refractivity contribution is 5.82. The van der Waals surface area contributed by atoms with Gasteiger partial charge in [-0.05, 0) is 42.5 Å². The minimum Gasteiger partial charge on any atom is -0.256 e. The number of fused-ring (bicyclic) bond motifs is 1. The molecular weight excluding hydrogens is 182 g/mol. The Balaban J connectivity index is 2.52. The van der Waals surface area contributed by atoms with Gasteiger partial charge in [0.15, 0.2) is 0 Å². The van der Waals surface area contributed by atoms with Crippen LogP contribution in [-0.4, -0.2) is 4.98 Å². The molecule has 0 aliphatic heterocycles. The van der Waals surface area contributed by atoms with E-state index in [2.05, 4.69) is 44.0 Å². The SMILES string of the molecule is Cc1cc(CC(C)C)cc2cccnc12. The van der Waals surface area contributed by atoms with Crippen LogP contribution in [0, 0.1) is 12.8 Å². The topological polar surface area (TPSA) is 12.9 Å². The Morgan fingerprint density at radius 3 is 2.80 bits per heavy atom. The molecule has 1 aromatic carbocycles. The zero-order valence-electron chi connectivity index (χ0n) is 9.62. The summed E-state index contributed by atoms with van der Waals surface area (Å²) in [5, 5.41) is 1.26. The Hall–Kier alpha value is -1.37. The second kappa shape index (κ2) is 4.01. The zero-order valence-corrected chi connectivity index (χ0v) is 9.62. The van der Waals surface area contributed by atoms with E-state index < -0.39 is 0 Å². The third-order valence-corrected chi connectivity index (χ3v) is 2.60. The number of rotatable bonds is 2. The number of aromatic nitrogens is 1. The average Bonchev–Trinajstić information content (AvgIpc) is 2.16. The minimum absolute atomic E-state index is 0.707. The van der Waals surface area contributed by atoms with Gasteiger partial charge in [0, 0.05) is 11.6 Å². The number of hydrogen-bond donors (Lipinski definition) is 0. The first-order valence-electron chi connectivity index (χ1n) is 5.51. The van der Waals surface area contributed by atoms with Crippen LogP contribution >= 0.6 is 0 Å². The summed E-state index contributed by atoms with van der Waals surface area (Å²) in [6.45, 7) is 6.64. The van der Waals surface area contributed by atoms with Crippen molar-refractivity contribution >= 4 is 10.9 Å². The first-order valence-corrected chi connectivity index (χ1v) is 5.51. The lowest BCUT2D eigenvalue weighted by Gasteiger charge is -2.08. The van der Waals surface area contributed by atoms with Gasteiger partial charge in [-0.3, -0.25) is 4.98 Å². The predicted molar refractivity (Wildman–Crippen MR) is 65.0 cm³/mol. The normalized spacial score (nSPS) is 11.2. The lowest BCUT2D eigenvalue weighted by atomic mass is 9.99. The van der Waals surface area contributed by atoms with Gasteiger partial charge < -0.3 is 0 Å². The summed E-state index contributed by atoms with van der Waals surface area (Å²) in [7, 11) is 0. The van der Waals surface area contributed by atoms with Gasteiger partial charge in [-0.1, -0.05) is 26.0 Å². The van der Waals surface area contributed by atoms with Gasteiger partial charge in [0.25, 0.3) is 0 Å². The van der Waals surface area contributed by atoms with Crippen molar-refractivity contribution in [3.8, 4) is 0 Å². The van der Waals surface area contributed by atoms with E-state index in [-0.39, 0.29) is 0 Å². The Kier molecular flexibility index (Phi) is 2.72. The highest BCUT2D eigenvalue weighted by Gasteiger charge is 2.03.